The highest BCUT2D eigenvalue weighted by atomic mass is 16.5. The van der Waals surface area contributed by atoms with Crippen LogP contribution >= 0.6 is 0 Å². The molecule has 6 nitrogen and oxygen atoms in total. The second-order valence-electron chi connectivity index (χ2n) is 9.13. The van der Waals surface area contributed by atoms with Crippen molar-refractivity contribution in [3.8, 4) is 11.5 Å². The summed E-state index contributed by atoms with van der Waals surface area (Å²) in [6, 6.07) is 24.7. The quantitative estimate of drug-likeness (QED) is 0.303. The maximum absolute atomic E-state index is 13.6. The van der Waals surface area contributed by atoms with Crippen LogP contribution in [-0.2, 0) is 22.6 Å². The van der Waals surface area contributed by atoms with Gasteiger partial charge in [-0.15, -0.1) is 0 Å². The monoisotopic (exact) mass is 502 g/mol. The van der Waals surface area contributed by atoms with Gasteiger partial charge in [0, 0.05) is 25.9 Å². The minimum atomic E-state index is -0.634. The Morgan fingerprint density at radius 2 is 1.65 bits per heavy atom. The molecule has 0 radical (unpaired) electrons. The zero-order valence-electron chi connectivity index (χ0n) is 22.1. The van der Waals surface area contributed by atoms with Gasteiger partial charge in [0.05, 0.1) is 13.7 Å². The summed E-state index contributed by atoms with van der Waals surface area (Å²) >= 11 is 0. The van der Waals surface area contributed by atoms with Crippen LogP contribution in [0.15, 0.2) is 78.9 Å². The lowest BCUT2D eigenvalue weighted by atomic mass is 10.0. The van der Waals surface area contributed by atoms with Crippen LogP contribution in [0, 0.1) is 6.92 Å². The molecule has 0 fully saturated rings. The Hall–Kier alpha value is -3.80. The van der Waals surface area contributed by atoms with Crippen molar-refractivity contribution in [3.63, 3.8) is 0 Å². The van der Waals surface area contributed by atoms with Crippen LogP contribution in [0.25, 0.3) is 0 Å². The Labute approximate surface area is 220 Å². The van der Waals surface area contributed by atoms with Gasteiger partial charge in [-0.3, -0.25) is 9.59 Å². The molecule has 0 aliphatic heterocycles. The lowest BCUT2D eigenvalue weighted by Gasteiger charge is -2.31. The molecule has 3 rings (SSSR count). The molecule has 0 saturated carbocycles. The Kier molecular flexibility index (Phi) is 11.0. The van der Waals surface area contributed by atoms with E-state index in [-0.39, 0.29) is 18.2 Å². The highest BCUT2D eigenvalue weighted by molar-refractivity contribution is 5.88. The number of carbonyl (C=O) groups is 2. The molecule has 3 aromatic carbocycles. The molecule has 0 heterocycles. The van der Waals surface area contributed by atoms with Crippen molar-refractivity contribution in [1.82, 2.24) is 10.2 Å². The van der Waals surface area contributed by atoms with Gasteiger partial charge in [-0.25, -0.2) is 0 Å². The first-order valence-electron chi connectivity index (χ1n) is 12.9. The van der Waals surface area contributed by atoms with Gasteiger partial charge in [0.2, 0.25) is 11.8 Å². The van der Waals surface area contributed by atoms with E-state index in [9.17, 15) is 9.59 Å². The number of aryl methyl sites for hydroxylation is 1. The fraction of sp³-hybridized carbons (Fsp3) is 0.355. The number of benzene rings is 3. The highest BCUT2D eigenvalue weighted by Gasteiger charge is 2.30. The standard InChI is InChI=1S/C31H38N2O4/c1-4-19-32-31(35)29(22-25-10-6-5-7-11-25)33(23-26-12-8-13-28(21-26)36-3)30(34)14-9-20-37-27-17-15-24(2)16-18-27/h5-8,10-13,15-18,21,29H,4,9,14,19-20,22-23H2,1-3H3,(H,32,35)/t29-/m0/s1. The summed E-state index contributed by atoms with van der Waals surface area (Å²) < 4.78 is 11.2. The molecular formula is C31H38N2O4. The zero-order valence-corrected chi connectivity index (χ0v) is 22.1. The molecular weight excluding hydrogens is 464 g/mol. The second-order valence-corrected chi connectivity index (χ2v) is 9.13. The Bertz CT molecular complexity index is 1120. The molecule has 0 unspecified atom stereocenters. The summed E-state index contributed by atoms with van der Waals surface area (Å²) in [6.45, 7) is 5.34. The first-order valence-corrected chi connectivity index (χ1v) is 12.9. The predicted octanol–water partition coefficient (Wildman–Crippen LogP) is 5.33. The molecule has 0 aliphatic carbocycles. The predicted molar refractivity (Wildman–Crippen MR) is 147 cm³/mol. The van der Waals surface area contributed by atoms with Gasteiger partial charge in [-0.2, -0.15) is 0 Å². The summed E-state index contributed by atoms with van der Waals surface area (Å²) in [5, 5.41) is 3.01. The fourth-order valence-electron chi connectivity index (χ4n) is 4.08. The van der Waals surface area contributed by atoms with Crippen LogP contribution in [0.2, 0.25) is 0 Å². The molecule has 3 aromatic rings. The SMILES string of the molecule is CCCNC(=O)[C@H](Cc1ccccc1)N(Cc1cccc(OC)c1)C(=O)CCCOc1ccc(C)cc1. The molecule has 0 aromatic heterocycles. The number of ether oxygens (including phenoxy) is 2. The second kappa shape index (κ2) is 14.7. The minimum absolute atomic E-state index is 0.0806. The average molecular weight is 503 g/mol. The average Bonchev–Trinajstić information content (AvgIpc) is 2.93. The van der Waals surface area contributed by atoms with E-state index < -0.39 is 6.04 Å². The summed E-state index contributed by atoms with van der Waals surface area (Å²) in [7, 11) is 1.62. The number of carbonyl (C=O) groups excluding carboxylic acids is 2. The van der Waals surface area contributed by atoms with Crippen molar-refractivity contribution < 1.29 is 19.1 Å². The van der Waals surface area contributed by atoms with E-state index in [4.69, 9.17) is 9.47 Å². The molecule has 0 bridgehead atoms. The number of rotatable bonds is 14. The van der Waals surface area contributed by atoms with Crippen LogP contribution in [0.3, 0.4) is 0 Å². The molecule has 2 amide bonds. The van der Waals surface area contributed by atoms with Crippen molar-refractivity contribution in [2.75, 3.05) is 20.3 Å². The van der Waals surface area contributed by atoms with E-state index in [2.05, 4.69) is 5.32 Å². The van der Waals surface area contributed by atoms with Crippen LogP contribution in [0.5, 0.6) is 11.5 Å². The van der Waals surface area contributed by atoms with E-state index in [1.54, 1.807) is 12.0 Å². The van der Waals surface area contributed by atoms with Gasteiger partial charge in [0.25, 0.3) is 0 Å². The maximum Gasteiger partial charge on any atom is 0.243 e. The molecule has 196 valence electrons. The summed E-state index contributed by atoms with van der Waals surface area (Å²) in [4.78, 5) is 28.7. The molecule has 1 atom stereocenters. The molecule has 1 N–H and O–H groups in total. The van der Waals surface area contributed by atoms with E-state index >= 15 is 0 Å². The van der Waals surface area contributed by atoms with Crippen LogP contribution in [-0.4, -0.2) is 43.0 Å². The normalized spacial score (nSPS) is 11.4. The number of nitrogens with zero attached hydrogens (tertiary/aromatic N) is 1. The number of amides is 2. The van der Waals surface area contributed by atoms with Crippen molar-refractivity contribution >= 4 is 11.8 Å². The van der Waals surface area contributed by atoms with Crippen molar-refractivity contribution in [1.29, 1.82) is 0 Å². The largest absolute Gasteiger partial charge is 0.497 e. The van der Waals surface area contributed by atoms with E-state index in [0.29, 0.717) is 38.3 Å². The smallest absolute Gasteiger partial charge is 0.243 e. The third-order valence-electron chi connectivity index (χ3n) is 6.13. The number of nitrogens with one attached hydrogen (secondary N) is 1. The van der Waals surface area contributed by atoms with Crippen LogP contribution in [0.1, 0.15) is 42.9 Å². The van der Waals surface area contributed by atoms with Crippen LogP contribution < -0.4 is 14.8 Å². The van der Waals surface area contributed by atoms with Crippen molar-refractivity contribution in [3.05, 3.63) is 95.6 Å². The summed E-state index contributed by atoms with van der Waals surface area (Å²) in [5.41, 5.74) is 3.08. The lowest BCUT2D eigenvalue weighted by Crippen LogP contribution is -2.50. The Morgan fingerprint density at radius 1 is 0.919 bits per heavy atom. The molecule has 0 spiro atoms. The van der Waals surface area contributed by atoms with Gasteiger partial charge in [-0.05, 0) is 55.2 Å². The van der Waals surface area contributed by atoms with Crippen LogP contribution in [0.4, 0.5) is 0 Å². The number of hydrogen-bond donors (Lipinski definition) is 1. The summed E-state index contributed by atoms with van der Waals surface area (Å²) in [5.74, 6) is 1.28. The Balaban J connectivity index is 1.78. The molecule has 0 saturated heterocycles. The first-order chi connectivity index (χ1) is 18.0. The van der Waals surface area contributed by atoms with Gasteiger partial charge in [-0.1, -0.05) is 67.1 Å². The van der Waals surface area contributed by atoms with Crippen molar-refractivity contribution in [2.45, 2.75) is 52.1 Å². The van der Waals surface area contributed by atoms with E-state index in [1.807, 2.05) is 92.7 Å². The number of methoxy groups -OCH3 is 1. The highest BCUT2D eigenvalue weighted by Crippen LogP contribution is 2.20. The fourth-order valence-corrected chi connectivity index (χ4v) is 4.08. The van der Waals surface area contributed by atoms with Gasteiger partial charge >= 0.3 is 0 Å². The molecule has 6 heteroatoms. The minimum Gasteiger partial charge on any atom is -0.497 e. The summed E-state index contributed by atoms with van der Waals surface area (Å²) in [6.07, 6.45) is 2.09. The topological polar surface area (TPSA) is 67.9 Å². The van der Waals surface area contributed by atoms with Gasteiger partial charge in [0.15, 0.2) is 0 Å². The Morgan fingerprint density at radius 3 is 2.35 bits per heavy atom. The molecule has 37 heavy (non-hydrogen) atoms. The van der Waals surface area contributed by atoms with Crippen molar-refractivity contribution in [2.24, 2.45) is 0 Å². The van der Waals surface area contributed by atoms with Gasteiger partial charge < -0.3 is 19.7 Å². The number of hydrogen-bond acceptors (Lipinski definition) is 4. The zero-order chi connectivity index (χ0) is 26.5. The first kappa shape index (κ1) is 27.8. The lowest BCUT2D eigenvalue weighted by molar-refractivity contribution is -0.141. The van der Waals surface area contributed by atoms with E-state index in [1.165, 1.54) is 5.56 Å². The van der Waals surface area contributed by atoms with E-state index in [0.717, 1.165) is 23.3 Å². The maximum atomic E-state index is 13.6. The van der Waals surface area contributed by atoms with Gasteiger partial charge in [0.1, 0.15) is 17.5 Å². The third kappa shape index (κ3) is 8.98. The molecule has 0 aliphatic rings. The third-order valence-corrected chi connectivity index (χ3v) is 6.13.